The number of fused-ring (bicyclic) bond motifs is 1. The summed E-state index contributed by atoms with van der Waals surface area (Å²) in [5.41, 5.74) is -2.84. The van der Waals surface area contributed by atoms with E-state index in [-0.39, 0.29) is 42.9 Å². The number of rotatable bonds is 3. The lowest BCUT2D eigenvalue weighted by atomic mass is 9.82. The first-order valence-electron chi connectivity index (χ1n) is 13.4. The van der Waals surface area contributed by atoms with Crippen molar-refractivity contribution in [2.45, 2.75) is 82.8 Å². The molecule has 41 heavy (non-hydrogen) atoms. The Balaban J connectivity index is 1.43. The maximum atomic E-state index is 14.1. The summed E-state index contributed by atoms with van der Waals surface area (Å²) >= 11 is 0. The summed E-state index contributed by atoms with van der Waals surface area (Å²) in [5, 5.41) is 14.5. The summed E-state index contributed by atoms with van der Waals surface area (Å²) in [4.78, 5) is 59.5. The van der Waals surface area contributed by atoms with Crippen molar-refractivity contribution in [3.63, 3.8) is 0 Å². The Labute approximate surface area is 234 Å². The summed E-state index contributed by atoms with van der Waals surface area (Å²) < 4.78 is 45.4. The van der Waals surface area contributed by atoms with E-state index in [9.17, 15) is 37.6 Å². The Hall–Kier alpha value is -3.89. The van der Waals surface area contributed by atoms with Gasteiger partial charge in [0.25, 0.3) is 5.91 Å². The van der Waals surface area contributed by atoms with Gasteiger partial charge in [0.05, 0.1) is 12.6 Å². The zero-order valence-corrected chi connectivity index (χ0v) is 22.9. The van der Waals surface area contributed by atoms with E-state index in [2.05, 4.69) is 16.4 Å². The lowest BCUT2D eigenvalue weighted by Crippen LogP contribution is -2.63. The van der Waals surface area contributed by atoms with Crippen LogP contribution < -0.4 is 15.4 Å². The van der Waals surface area contributed by atoms with Crippen LogP contribution in [0.25, 0.3) is 0 Å². The number of likely N-dealkylation sites (tertiary alicyclic amines) is 2. The molecule has 1 aliphatic carbocycles. The molecule has 1 saturated carbocycles. The van der Waals surface area contributed by atoms with Gasteiger partial charge in [-0.15, -0.1) is 0 Å². The Morgan fingerprint density at radius 2 is 1.90 bits per heavy atom. The molecule has 0 bridgehead atoms. The number of amides is 4. The Kier molecular flexibility index (Phi) is 6.70. The predicted molar refractivity (Wildman–Crippen MR) is 136 cm³/mol. The normalized spacial score (nSPS) is 27.4. The van der Waals surface area contributed by atoms with Crippen LogP contribution in [0.5, 0.6) is 5.75 Å². The fourth-order valence-electron chi connectivity index (χ4n) is 5.97. The van der Waals surface area contributed by atoms with Crippen LogP contribution in [-0.2, 0) is 19.2 Å². The number of halogens is 3. The average molecular weight is 577 g/mol. The minimum absolute atomic E-state index is 0.107. The van der Waals surface area contributed by atoms with Crippen LogP contribution >= 0.6 is 0 Å². The van der Waals surface area contributed by atoms with Crippen LogP contribution in [-0.4, -0.2) is 81.4 Å². The average Bonchev–Trinajstić information content (AvgIpc) is 3.54. The van der Waals surface area contributed by atoms with Gasteiger partial charge in [0.1, 0.15) is 18.1 Å². The quantitative estimate of drug-likeness (QED) is 0.561. The number of hydrogen-bond donors (Lipinski definition) is 2. The van der Waals surface area contributed by atoms with Gasteiger partial charge in [-0.3, -0.25) is 19.2 Å². The smallest absolute Gasteiger partial charge is 0.471 e. The third-order valence-corrected chi connectivity index (χ3v) is 8.54. The number of aromatic nitrogens is 1. The highest BCUT2D eigenvalue weighted by Crippen LogP contribution is 2.55. The minimum atomic E-state index is -5.20. The Bertz CT molecular complexity index is 1330. The molecule has 4 heterocycles. The van der Waals surface area contributed by atoms with Crippen molar-refractivity contribution in [3.05, 3.63) is 18.3 Å². The van der Waals surface area contributed by atoms with E-state index in [0.29, 0.717) is 6.42 Å². The van der Waals surface area contributed by atoms with E-state index < -0.39 is 58.9 Å². The van der Waals surface area contributed by atoms with Crippen LogP contribution in [0.3, 0.4) is 0 Å². The second-order valence-electron chi connectivity index (χ2n) is 12.5. The second kappa shape index (κ2) is 9.60. The zero-order chi connectivity index (χ0) is 30.0. The van der Waals surface area contributed by atoms with Crippen LogP contribution in [0.1, 0.15) is 52.9 Å². The van der Waals surface area contributed by atoms with Gasteiger partial charge in [-0.25, -0.2) is 4.98 Å². The van der Waals surface area contributed by atoms with E-state index in [4.69, 9.17) is 4.74 Å². The number of hydrogen-bond acceptors (Lipinski definition) is 7. The van der Waals surface area contributed by atoms with E-state index in [1.165, 1.54) is 36.8 Å². The van der Waals surface area contributed by atoms with E-state index >= 15 is 0 Å². The lowest BCUT2D eigenvalue weighted by molar-refractivity contribution is -0.176. The number of carbonyl (C=O) groups excluding carboxylic acids is 4. The molecule has 0 aromatic carbocycles. The number of piperidine rings is 1. The summed E-state index contributed by atoms with van der Waals surface area (Å²) in [6.07, 6.45) is -1.32. The van der Waals surface area contributed by atoms with Gasteiger partial charge >= 0.3 is 12.1 Å². The van der Waals surface area contributed by atoms with Gasteiger partial charge in [0, 0.05) is 19.2 Å². The summed E-state index contributed by atoms with van der Waals surface area (Å²) in [7, 11) is 0. The molecule has 14 heteroatoms. The molecule has 4 atom stereocenters. The highest BCUT2D eigenvalue weighted by Gasteiger charge is 2.59. The topological polar surface area (TPSA) is 145 Å². The highest BCUT2D eigenvalue weighted by atomic mass is 19.4. The maximum absolute atomic E-state index is 14.1. The molecule has 11 nitrogen and oxygen atoms in total. The molecule has 2 N–H and O–H groups in total. The molecule has 3 aliphatic heterocycles. The van der Waals surface area contributed by atoms with Gasteiger partial charge < -0.3 is 25.2 Å². The minimum Gasteiger partial charge on any atom is -0.472 e. The van der Waals surface area contributed by atoms with Crippen LogP contribution in [0.4, 0.5) is 19.0 Å². The number of pyridine rings is 1. The second-order valence-corrected chi connectivity index (χ2v) is 12.5. The SMILES string of the molecule is CC(C)(C)C(NC(=O)C(F)(F)F)C(=O)N1CCC2(CC2)CC1C(=O)N1CC2(CC1C#N)Oc1cccnc1NC2=O. The first-order chi connectivity index (χ1) is 19.1. The van der Waals surface area contributed by atoms with Crippen molar-refractivity contribution in [1.82, 2.24) is 20.1 Å². The summed E-state index contributed by atoms with van der Waals surface area (Å²) in [5.74, 6) is -3.69. The molecule has 2 spiro atoms. The van der Waals surface area contributed by atoms with E-state index in [1.54, 1.807) is 12.1 Å². The maximum Gasteiger partial charge on any atom is 0.471 e. The standard InChI is InChI=1S/C27H31F3N6O5/c1-24(2,3)18(33-23(40)27(28,29)30)21(38)35-10-8-25(6-7-25)12-16(35)20(37)36-14-26(11-15(36)13-31)22(39)34-19-17(41-26)5-4-9-32-19/h4-5,9,15-16,18H,6-8,10-12,14H2,1-3H3,(H,33,40)(H,32,34,39). The van der Waals surface area contributed by atoms with Gasteiger partial charge in [-0.05, 0) is 48.6 Å². The highest BCUT2D eigenvalue weighted by molar-refractivity contribution is 6.01. The van der Waals surface area contributed by atoms with Gasteiger partial charge in [0.2, 0.25) is 17.4 Å². The van der Waals surface area contributed by atoms with Crippen molar-refractivity contribution in [1.29, 1.82) is 5.26 Å². The number of nitriles is 1. The number of ether oxygens (including phenoxy) is 1. The number of nitrogens with zero attached hydrogens (tertiary/aromatic N) is 4. The molecular weight excluding hydrogens is 545 g/mol. The van der Waals surface area contributed by atoms with Crippen LogP contribution in [0, 0.1) is 22.2 Å². The number of anilines is 1. The van der Waals surface area contributed by atoms with Crippen molar-refractivity contribution in [2.75, 3.05) is 18.4 Å². The molecule has 2 saturated heterocycles. The fourth-order valence-corrected chi connectivity index (χ4v) is 5.97. The van der Waals surface area contributed by atoms with Gasteiger partial charge in [-0.2, -0.15) is 18.4 Å². The van der Waals surface area contributed by atoms with Crippen molar-refractivity contribution in [3.8, 4) is 11.8 Å². The number of alkyl halides is 3. The van der Waals surface area contributed by atoms with Gasteiger partial charge in [-0.1, -0.05) is 20.8 Å². The monoisotopic (exact) mass is 576 g/mol. The molecule has 1 aromatic rings. The molecular formula is C27H31F3N6O5. The summed E-state index contributed by atoms with van der Waals surface area (Å²) in [6.45, 7) is 4.42. The largest absolute Gasteiger partial charge is 0.472 e. The van der Waals surface area contributed by atoms with Crippen LogP contribution in [0.2, 0.25) is 0 Å². The fraction of sp³-hybridized carbons (Fsp3) is 0.630. The molecule has 3 fully saturated rings. The van der Waals surface area contributed by atoms with Crippen molar-refractivity contribution in [2.24, 2.45) is 10.8 Å². The van der Waals surface area contributed by atoms with E-state index in [0.717, 1.165) is 12.8 Å². The predicted octanol–water partition coefficient (Wildman–Crippen LogP) is 2.14. The van der Waals surface area contributed by atoms with Crippen molar-refractivity contribution < 1.29 is 37.1 Å². The molecule has 4 aliphatic rings. The Morgan fingerprint density at radius 1 is 1.20 bits per heavy atom. The van der Waals surface area contributed by atoms with Crippen LogP contribution in [0.15, 0.2) is 18.3 Å². The molecule has 1 aromatic heterocycles. The Morgan fingerprint density at radius 3 is 2.51 bits per heavy atom. The number of carbonyl (C=O) groups is 4. The summed E-state index contributed by atoms with van der Waals surface area (Å²) in [6, 6.07) is 1.59. The van der Waals surface area contributed by atoms with E-state index in [1.807, 2.05) is 5.32 Å². The van der Waals surface area contributed by atoms with Gasteiger partial charge in [0.15, 0.2) is 11.6 Å². The third kappa shape index (κ3) is 5.17. The molecule has 220 valence electrons. The first-order valence-corrected chi connectivity index (χ1v) is 13.4. The molecule has 5 rings (SSSR count). The third-order valence-electron chi connectivity index (χ3n) is 8.54. The molecule has 4 unspecified atom stereocenters. The molecule has 4 amide bonds. The van der Waals surface area contributed by atoms with Crippen molar-refractivity contribution >= 4 is 29.4 Å². The zero-order valence-electron chi connectivity index (χ0n) is 22.9. The first kappa shape index (κ1) is 28.6. The number of nitrogens with one attached hydrogen (secondary N) is 2. The molecule has 0 radical (unpaired) electrons. The lowest BCUT2D eigenvalue weighted by Gasteiger charge is -2.44.